The summed E-state index contributed by atoms with van der Waals surface area (Å²) in [5, 5.41) is 10.7. The van der Waals surface area contributed by atoms with Crippen molar-refractivity contribution in [1.29, 1.82) is 0 Å². The minimum absolute atomic E-state index is 1.23. The topological polar surface area (TPSA) is 4.93 Å². The molecule has 0 atom stereocenters. The monoisotopic (exact) mass is 505 g/mol. The van der Waals surface area contributed by atoms with E-state index >= 15 is 0 Å². The molecule has 37 heavy (non-hydrogen) atoms. The van der Waals surface area contributed by atoms with E-state index in [0.29, 0.717) is 0 Å². The molecule has 1 nitrogen and oxygen atoms in total. The third kappa shape index (κ3) is 2.58. The van der Waals surface area contributed by atoms with E-state index in [-0.39, 0.29) is 0 Å². The second kappa shape index (κ2) is 7.19. The van der Waals surface area contributed by atoms with Gasteiger partial charge in [0.05, 0.1) is 16.7 Å². The highest BCUT2D eigenvalue weighted by molar-refractivity contribution is 7.26. The van der Waals surface area contributed by atoms with Crippen molar-refractivity contribution in [3.05, 3.63) is 115 Å². The van der Waals surface area contributed by atoms with Crippen molar-refractivity contribution in [2.75, 3.05) is 0 Å². The van der Waals surface area contributed by atoms with Gasteiger partial charge in [-0.1, -0.05) is 72.8 Å². The molecule has 3 aromatic heterocycles. The lowest BCUT2D eigenvalue weighted by Crippen LogP contribution is -1.95. The lowest BCUT2D eigenvalue weighted by Gasteiger charge is -2.11. The number of fused-ring (bicyclic) bond motifs is 12. The first-order chi connectivity index (χ1) is 18.4. The predicted octanol–water partition coefficient (Wildman–Crippen LogP) is 10.7. The number of nitrogens with zero attached hydrogens (tertiary/aromatic N) is 1. The van der Waals surface area contributed by atoms with Crippen LogP contribution < -0.4 is 0 Å². The van der Waals surface area contributed by atoms with Crippen molar-refractivity contribution < 1.29 is 0 Å². The minimum atomic E-state index is 1.23. The van der Waals surface area contributed by atoms with Crippen LogP contribution in [-0.2, 0) is 0 Å². The molecule has 0 bridgehead atoms. The summed E-state index contributed by atoms with van der Waals surface area (Å²) in [5.41, 5.74) is 3.77. The first-order valence-electron chi connectivity index (χ1n) is 12.5. The van der Waals surface area contributed by atoms with E-state index in [4.69, 9.17) is 0 Å². The van der Waals surface area contributed by atoms with Crippen molar-refractivity contribution in [3.8, 4) is 5.69 Å². The third-order valence-corrected chi connectivity index (χ3v) is 10.1. The van der Waals surface area contributed by atoms with Crippen LogP contribution in [0.1, 0.15) is 0 Å². The smallest absolute Gasteiger partial charge is 0.0548 e. The Bertz CT molecular complexity index is 2230. The zero-order chi connectivity index (χ0) is 24.1. The lowest BCUT2D eigenvalue weighted by molar-refractivity contribution is 1.20. The number of thiophene rings is 2. The molecule has 0 aliphatic heterocycles. The molecule has 9 aromatic rings. The molecular weight excluding hydrogens is 487 g/mol. The number of benzene rings is 6. The van der Waals surface area contributed by atoms with E-state index in [1.807, 2.05) is 22.7 Å². The van der Waals surface area contributed by atoms with E-state index in [2.05, 4.69) is 120 Å². The quantitative estimate of drug-likeness (QED) is 0.209. The average Bonchev–Trinajstić information content (AvgIpc) is 3.61. The molecule has 0 aliphatic carbocycles. The zero-order valence-corrected chi connectivity index (χ0v) is 21.4. The summed E-state index contributed by atoms with van der Waals surface area (Å²) in [5.74, 6) is 0. The highest BCUT2D eigenvalue weighted by atomic mass is 32.1. The number of hydrogen-bond acceptors (Lipinski definition) is 2. The molecule has 0 saturated heterocycles. The number of rotatable bonds is 1. The Morgan fingerprint density at radius 2 is 0.892 bits per heavy atom. The second-order valence-electron chi connectivity index (χ2n) is 9.70. The molecule has 0 spiro atoms. The van der Waals surface area contributed by atoms with E-state index in [1.165, 1.54) is 78.6 Å². The standard InChI is InChI=1S/C34H19NS2/c1-2-10-21-20(8-1)9-7-13-24(21)35-25-16-18-29-31(22-11-3-5-14-27(22)36-29)33(25)34-26(35)17-19-30-32(34)23-12-4-6-15-28(23)37-30/h1-19H. The third-order valence-electron chi connectivity index (χ3n) is 7.78. The molecule has 0 radical (unpaired) electrons. The minimum Gasteiger partial charge on any atom is -0.309 e. The van der Waals surface area contributed by atoms with Gasteiger partial charge in [0.2, 0.25) is 0 Å². The van der Waals surface area contributed by atoms with Gasteiger partial charge in [-0.2, -0.15) is 0 Å². The summed E-state index contributed by atoms with van der Waals surface area (Å²) in [6, 6.07) is 42.5. The van der Waals surface area contributed by atoms with Crippen LogP contribution in [0.2, 0.25) is 0 Å². The van der Waals surface area contributed by atoms with Crippen LogP contribution in [0.25, 0.3) is 78.6 Å². The fraction of sp³-hybridized carbons (Fsp3) is 0. The van der Waals surface area contributed by atoms with Crippen LogP contribution in [0, 0.1) is 0 Å². The van der Waals surface area contributed by atoms with Crippen molar-refractivity contribution in [3.63, 3.8) is 0 Å². The van der Waals surface area contributed by atoms with Gasteiger partial charge in [-0.3, -0.25) is 0 Å². The summed E-state index contributed by atoms with van der Waals surface area (Å²) in [4.78, 5) is 0. The molecule has 0 N–H and O–H groups in total. The van der Waals surface area contributed by atoms with Gasteiger partial charge >= 0.3 is 0 Å². The Balaban J connectivity index is 1.62. The van der Waals surface area contributed by atoms with Gasteiger partial charge in [-0.15, -0.1) is 22.7 Å². The van der Waals surface area contributed by atoms with Crippen LogP contribution in [-0.4, -0.2) is 4.57 Å². The maximum Gasteiger partial charge on any atom is 0.0548 e. The van der Waals surface area contributed by atoms with Gasteiger partial charge in [-0.05, 0) is 47.9 Å². The summed E-state index contributed by atoms with van der Waals surface area (Å²) >= 11 is 3.79. The molecule has 6 aromatic carbocycles. The largest absolute Gasteiger partial charge is 0.309 e. The summed E-state index contributed by atoms with van der Waals surface area (Å²) in [6.45, 7) is 0. The molecule has 0 unspecified atom stereocenters. The van der Waals surface area contributed by atoms with Gasteiger partial charge in [-0.25, -0.2) is 0 Å². The Kier molecular flexibility index (Phi) is 3.88. The summed E-state index contributed by atoms with van der Waals surface area (Å²) in [7, 11) is 0. The summed E-state index contributed by atoms with van der Waals surface area (Å²) < 4.78 is 7.89. The Morgan fingerprint density at radius 1 is 0.378 bits per heavy atom. The van der Waals surface area contributed by atoms with Crippen LogP contribution in [0.5, 0.6) is 0 Å². The molecule has 0 aliphatic rings. The predicted molar refractivity (Wildman–Crippen MR) is 164 cm³/mol. The Hall–Kier alpha value is -4.18. The van der Waals surface area contributed by atoms with Gasteiger partial charge in [0.25, 0.3) is 0 Å². The van der Waals surface area contributed by atoms with Crippen LogP contribution in [0.15, 0.2) is 115 Å². The van der Waals surface area contributed by atoms with Crippen molar-refractivity contribution in [2.24, 2.45) is 0 Å². The maximum absolute atomic E-state index is 2.50. The zero-order valence-electron chi connectivity index (χ0n) is 19.7. The summed E-state index contributed by atoms with van der Waals surface area (Å²) in [6.07, 6.45) is 0. The normalized spacial score (nSPS) is 12.3. The van der Waals surface area contributed by atoms with Crippen molar-refractivity contribution in [2.45, 2.75) is 0 Å². The molecule has 0 amide bonds. The van der Waals surface area contributed by atoms with E-state index < -0.39 is 0 Å². The van der Waals surface area contributed by atoms with Gasteiger partial charge in [0.15, 0.2) is 0 Å². The highest BCUT2D eigenvalue weighted by Crippen LogP contribution is 2.48. The van der Waals surface area contributed by atoms with Crippen LogP contribution >= 0.6 is 22.7 Å². The molecule has 0 fully saturated rings. The number of hydrogen-bond donors (Lipinski definition) is 0. The molecule has 3 heteroatoms. The van der Waals surface area contributed by atoms with E-state index in [9.17, 15) is 0 Å². The van der Waals surface area contributed by atoms with Gasteiger partial charge in [0, 0.05) is 56.5 Å². The van der Waals surface area contributed by atoms with Gasteiger partial charge in [0.1, 0.15) is 0 Å². The average molecular weight is 506 g/mol. The Morgan fingerprint density at radius 3 is 1.51 bits per heavy atom. The highest BCUT2D eigenvalue weighted by Gasteiger charge is 2.22. The molecule has 172 valence electrons. The first-order valence-corrected chi connectivity index (χ1v) is 14.2. The second-order valence-corrected chi connectivity index (χ2v) is 11.9. The molecule has 3 heterocycles. The van der Waals surface area contributed by atoms with E-state index in [0.717, 1.165) is 0 Å². The fourth-order valence-corrected chi connectivity index (χ4v) is 8.51. The first kappa shape index (κ1) is 19.9. The molecule has 0 saturated carbocycles. The van der Waals surface area contributed by atoms with E-state index in [1.54, 1.807) is 0 Å². The molecule has 9 rings (SSSR count). The maximum atomic E-state index is 2.50. The fourth-order valence-electron chi connectivity index (χ4n) is 6.28. The van der Waals surface area contributed by atoms with Crippen molar-refractivity contribution in [1.82, 2.24) is 4.57 Å². The van der Waals surface area contributed by atoms with Crippen LogP contribution in [0.4, 0.5) is 0 Å². The van der Waals surface area contributed by atoms with Gasteiger partial charge < -0.3 is 4.57 Å². The van der Waals surface area contributed by atoms with Crippen molar-refractivity contribution >= 4 is 95.6 Å². The lowest BCUT2D eigenvalue weighted by atomic mass is 10.0. The molecular formula is C34H19NS2. The van der Waals surface area contributed by atoms with Crippen LogP contribution in [0.3, 0.4) is 0 Å². The Labute approximate surface area is 220 Å². The number of aromatic nitrogens is 1. The SMILES string of the molecule is c1ccc2c(-n3c4ccc5sc6ccccc6c5c4c4c5c(ccc43)sc3ccccc35)cccc2c1.